The van der Waals surface area contributed by atoms with E-state index < -0.39 is 0 Å². The largest absolute Gasteiger partial charge is 0.371 e. The van der Waals surface area contributed by atoms with Gasteiger partial charge >= 0.3 is 6.03 Å². The van der Waals surface area contributed by atoms with Crippen LogP contribution in [0, 0.1) is 11.7 Å². The van der Waals surface area contributed by atoms with Gasteiger partial charge in [-0.05, 0) is 60.9 Å². The molecule has 1 aliphatic heterocycles. The Balaban J connectivity index is 1.44. The van der Waals surface area contributed by atoms with Crippen LogP contribution in [-0.2, 0) is 0 Å². The average molecular weight is 348 g/mol. The Morgan fingerprint density at radius 2 is 1.88 bits per heavy atom. The molecule has 24 heavy (non-hydrogen) atoms. The van der Waals surface area contributed by atoms with Gasteiger partial charge in [0, 0.05) is 36.0 Å². The summed E-state index contributed by atoms with van der Waals surface area (Å²) in [6.45, 7) is 2.38. The molecule has 0 aliphatic carbocycles. The van der Waals surface area contributed by atoms with Crippen molar-refractivity contribution in [2.24, 2.45) is 5.92 Å². The molecule has 3 rings (SSSR count). The van der Waals surface area contributed by atoms with Crippen molar-refractivity contribution in [1.82, 2.24) is 5.32 Å². The van der Waals surface area contributed by atoms with E-state index in [1.165, 1.54) is 12.1 Å². The topological polar surface area (TPSA) is 44.4 Å². The number of nitrogens with zero attached hydrogens (tertiary/aromatic N) is 1. The summed E-state index contributed by atoms with van der Waals surface area (Å²) in [6, 6.07) is 13.3. The lowest BCUT2D eigenvalue weighted by Crippen LogP contribution is -2.34. The molecular weight excluding hydrogens is 329 g/mol. The zero-order valence-corrected chi connectivity index (χ0v) is 13.9. The second-order valence-electron chi connectivity index (χ2n) is 5.92. The van der Waals surface area contributed by atoms with Gasteiger partial charge in [-0.25, -0.2) is 9.18 Å². The number of rotatable bonds is 4. The molecule has 2 aromatic carbocycles. The number of amides is 2. The first kappa shape index (κ1) is 16.6. The number of nitrogens with one attached hydrogen (secondary N) is 2. The van der Waals surface area contributed by atoms with Crippen LogP contribution in [0.25, 0.3) is 0 Å². The van der Waals surface area contributed by atoms with Crippen LogP contribution in [0.3, 0.4) is 0 Å². The molecule has 126 valence electrons. The highest BCUT2D eigenvalue weighted by atomic mass is 35.5. The van der Waals surface area contributed by atoms with Gasteiger partial charge < -0.3 is 15.5 Å². The second-order valence-corrected chi connectivity index (χ2v) is 6.36. The fourth-order valence-corrected chi connectivity index (χ4v) is 2.96. The van der Waals surface area contributed by atoms with Crippen LogP contribution in [-0.4, -0.2) is 25.7 Å². The lowest BCUT2D eigenvalue weighted by Gasteiger charge is -2.19. The van der Waals surface area contributed by atoms with Crippen LogP contribution >= 0.6 is 11.6 Å². The molecule has 1 unspecified atom stereocenters. The van der Waals surface area contributed by atoms with Crippen molar-refractivity contribution in [2.75, 3.05) is 29.9 Å². The van der Waals surface area contributed by atoms with E-state index in [0.717, 1.165) is 25.2 Å². The number of hydrogen-bond donors (Lipinski definition) is 2. The Bertz CT molecular complexity index is 690. The van der Waals surface area contributed by atoms with E-state index in [9.17, 15) is 9.18 Å². The first-order valence-electron chi connectivity index (χ1n) is 7.91. The Morgan fingerprint density at radius 1 is 1.17 bits per heavy atom. The van der Waals surface area contributed by atoms with E-state index in [4.69, 9.17) is 11.6 Å². The fourth-order valence-electron chi connectivity index (χ4n) is 2.83. The molecule has 1 heterocycles. The Morgan fingerprint density at radius 3 is 2.58 bits per heavy atom. The van der Waals surface area contributed by atoms with E-state index in [0.29, 0.717) is 23.2 Å². The van der Waals surface area contributed by atoms with Crippen LogP contribution in [0.5, 0.6) is 0 Å². The smallest absolute Gasteiger partial charge is 0.319 e. The minimum Gasteiger partial charge on any atom is -0.371 e. The van der Waals surface area contributed by atoms with Crippen molar-refractivity contribution < 1.29 is 9.18 Å². The van der Waals surface area contributed by atoms with Crippen LogP contribution < -0.4 is 15.5 Å². The van der Waals surface area contributed by atoms with E-state index >= 15 is 0 Å². The zero-order valence-electron chi connectivity index (χ0n) is 13.1. The van der Waals surface area contributed by atoms with Gasteiger partial charge in [0.15, 0.2) is 0 Å². The molecule has 6 heteroatoms. The molecule has 1 aliphatic rings. The summed E-state index contributed by atoms with van der Waals surface area (Å²) in [7, 11) is 0. The highest BCUT2D eigenvalue weighted by Crippen LogP contribution is 2.23. The Labute approximate surface area is 145 Å². The lowest BCUT2D eigenvalue weighted by molar-refractivity contribution is 0.250. The van der Waals surface area contributed by atoms with Gasteiger partial charge in [-0.1, -0.05) is 11.6 Å². The summed E-state index contributed by atoms with van der Waals surface area (Å²) < 4.78 is 13.0. The van der Waals surface area contributed by atoms with Gasteiger partial charge in [0.25, 0.3) is 0 Å². The molecule has 0 bridgehead atoms. The molecule has 0 saturated carbocycles. The maximum atomic E-state index is 13.0. The summed E-state index contributed by atoms with van der Waals surface area (Å²) in [5, 5.41) is 6.31. The van der Waals surface area contributed by atoms with Crippen molar-refractivity contribution >= 4 is 29.0 Å². The number of carbonyl (C=O) groups excluding carboxylic acids is 1. The fraction of sp³-hybridized carbons (Fsp3) is 0.278. The Kier molecular flexibility index (Phi) is 5.20. The van der Waals surface area contributed by atoms with Crippen molar-refractivity contribution in [3.8, 4) is 0 Å². The Hall–Kier alpha value is -2.27. The quantitative estimate of drug-likeness (QED) is 0.873. The number of halogens is 2. The first-order chi connectivity index (χ1) is 11.6. The van der Waals surface area contributed by atoms with Crippen molar-refractivity contribution in [3.63, 3.8) is 0 Å². The third kappa shape index (κ3) is 4.38. The first-order valence-corrected chi connectivity index (χ1v) is 8.29. The molecule has 0 aromatic heterocycles. The van der Waals surface area contributed by atoms with Gasteiger partial charge in [0.05, 0.1) is 0 Å². The summed E-state index contributed by atoms with van der Waals surface area (Å²) >= 11 is 5.81. The van der Waals surface area contributed by atoms with Crippen molar-refractivity contribution in [3.05, 3.63) is 59.4 Å². The number of carbonyl (C=O) groups is 1. The summed E-state index contributed by atoms with van der Waals surface area (Å²) in [4.78, 5) is 14.1. The predicted molar refractivity (Wildman–Crippen MR) is 95.2 cm³/mol. The number of urea groups is 1. The third-order valence-electron chi connectivity index (χ3n) is 4.13. The summed E-state index contributed by atoms with van der Waals surface area (Å²) in [5.74, 6) is 0.154. The van der Waals surface area contributed by atoms with Crippen molar-refractivity contribution in [2.45, 2.75) is 6.42 Å². The van der Waals surface area contributed by atoms with E-state index in [-0.39, 0.29) is 11.8 Å². The number of benzene rings is 2. The van der Waals surface area contributed by atoms with E-state index in [2.05, 4.69) is 15.5 Å². The van der Waals surface area contributed by atoms with Crippen LogP contribution in [0.2, 0.25) is 5.02 Å². The van der Waals surface area contributed by atoms with Crippen LogP contribution in [0.4, 0.5) is 20.6 Å². The van der Waals surface area contributed by atoms with Gasteiger partial charge in [0.1, 0.15) is 5.82 Å². The van der Waals surface area contributed by atoms with Gasteiger partial charge in [-0.2, -0.15) is 0 Å². The highest BCUT2D eigenvalue weighted by Gasteiger charge is 2.23. The maximum Gasteiger partial charge on any atom is 0.319 e. The van der Waals surface area contributed by atoms with E-state index in [1.807, 2.05) is 0 Å². The average Bonchev–Trinajstić information content (AvgIpc) is 3.05. The molecule has 1 fully saturated rings. The molecule has 2 amide bonds. The normalized spacial score (nSPS) is 16.9. The predicted octanol–water partition coefficient (Wildman–Crippen LogP) is 4.13. The molecule has 0 radical (unpaired) electrons. The highest BCUT2D eigenvalue weighted by molar-refractivity contribution is 6.30. The van der Waals surface area contributed by atoms with Crippen LogP contribution in [0.1, 0.15) is 6.42 Å². The zero-order chi connectivity index (χ0) is 16.9. The molecule has 2 aromatic rings. The second kappa shape index (κ2) is 7.53. The molecule has 1 saturated heterocycles. The number of hydrogen-bond acceptors (Lipinski definition) is 2. The molecule has 1 atom stereocenters. The lowest BCUT2D eigenvalue weighted by atomic mass is 10.1. The standard InChI is InChI=1S/C18H19ClFN3O/c19-14-1-5-16(6-2-14)22-18(24)21-11-13-9-10-23(12-13)17-7-3-15(20)4-8-17/h1-8,13H,9-12H2,(H2,21,22,24). The van der Waals surface area contributed by atoms with Gasteiger partial charge in [0.2, 0.25) is 0 Å². The molecule has 4 nitrogen and oxygen atoms in total. The third-order valence-corrected chi connectivity index (χ3v) is 4.38. The monoisotopic (exact) mass is 347 g/mol. The minimum absolute atomic E-state index is 0.224. The maximum absolute atomic E-state index is 13.0. The molecular formula is C18H19ClFN3O. The molecule has 2 N–H and O–H groups in total. The number of anilines is 2. The van der Waals surface area contributed by atoms with Gasteiger partial charge in [-0.15, -0.1) is 0 Å². The molecule has 0 spiro atoms. The minimum atomic E-state index is -0.227. The van der Waals surface area contributed by atoms with E-state index in [1.54, 1.807) is 36.4 Å². The van der Waals surface area contributed by atoms with Gasteiger partial charge in [-0.3, -0.25) is 0 Å². The van der Waals surface area contributed by atoms with Crippen LogP contribution in [0.15, 0.2) is 48.5 Å². The SMILES string of the molecule is O=C(NCC1CCN(c2ccc(F)cc2)C1)Nc1ccc(Cl)cc1. The van der Waals surface area contributed by atoms with Crippen molar-refractivity contribution in [1.29, 1.82) is 0 Å². The summed E-state index contributed by atoms with van der Waals surface area (Å²) in [5.41, 5.74) is 1.72. The summed E-state index contributed by atoms with van der Waals surface area (Å²) in [6.07, 6.45) is 0.999.